The molecule has 3 heterocycles. The minimum absolute atomic E-state index is 0.0276. The van der Waals surface area contributed by atoms with E-state index >= 15 is 0 Å². The Morgan fingerprint density at radius 3 is 2.46 bits per heavy atom. The summed E-state index contributed by atoms with van der Waals surface area (Å²) in [6.45, 7) is 9.65. The molecule has 0 saturated carbocycles. The third kappa shape index (κ3) is 6.46. The number of anilines is 3. The van der Waals surface area contributed by atoms with Gasteiger partial charge in [0, 0.05) is 25.2 Å². The van der Waals surface area contributed by atoms with E-state index in [4.69, 9.17) is 4.74 Å². The van der Waals surface area contributed by atoms with Crippen LogP contribution in [0.2, 0.25) is 0 Å². The molecule has 0 bridgehead atoms. The van der Waals surface area contributed by atoms with Gasteiger partial charge in [0.2, 0.25) is 0 Å². The van der Waals surface area contributed by atoms with E-state index in [9.17, 15) is 14.0 Å². The van der Waals surface area contributed by atoms with Gasteiger partial charge in [-0.2, -0.15) is 5.10 Å². The summed E-state index contributed by atoms with van der Waals surface area (Å²) in [7, 11) is 0. The zero-order chi connectivity index (χ0) is 26.6. The number of halogens is 1. The number of ether oxygens (including phenoxy) is 1. The van der Waals surface area contributed by atoms with Crippen molar-refractivity contribution in [3.8, 4) is 10.6 Å². The Morgan fingerprint density at radius 1 is 1.11 bits per heavy atom. The number of rotatable bonds is 6. The van der Waals surface area contributed by atoms with Crippen LogP contribution in [0, 0.1) is 5.82 Å². The van der Waals surface area contributed by atoms with E-state index in [0.29, 0.717) is 12.2 Å². The van der Waals surface area contributed by atoms with Crippen LogP contribution in [0.3, 0.4) is 0 Å². The number of nitrogens with one attached hydrogen (secondary N) is 2. The predicted molar refractivity (Wildman–Crippen MR) is 144 cm³/mol. The molecule has 11 heteroatoms. The van der Waals surface area contributed by atoms with Gasteiger partial charge >= 0.3 is 6.09 Å². The molecule has 1 fully saturated rings. The first-order chi connectivity index (χ1) is 17.7. The van der Waals surface area contributed by atoms with Gasteiger partial charge in [-0.25, -0.2) is 18.9 Å². The molecule has 0 unspecified atom stereocenters. The average Bonchev–Trinajstić information content (AvgIpc) is 3.32. The van der Waals surface area contributed by atoms with Gasteiger partial charge in [0.05, 0.1) is 6.20 Å². The summed E-state index contributed by atoms with van der Waals surface area (Å²) in [6, 6.07) is 6.17. The maximum Gasteiger partial charge on any atom is 0.412 e. The first-order valence-electron chi connectivity index (χ1n) is 12.5. The highest BCUT2D eigenvalue weighted by atomic mass is 32.1. The summed E-state index contributed by atoms with van der Waals surface area (Å²) < 4.78 is 21.8. The molecule has 0 spiro atoms. The van der Waals surface area contributed by atoms with Crippen molar-refractivity contribution in [2.24, 2.45) is 0 Å². The van der Waals surface area contributed by atoms with Crippen molar-refractivity contribution >= 4 is 39.8 Å². The third-order valence-corrected chi connectivity index (χ3v) is 6.83. The lowest BCUT2D eigenvalue weighted by Gasteiger charge is -2.24. The first-order valence-corrected chi connectivity index (χ1v) is 13.4. The normalized spacial score (nSPS) is 14.2. The van der Waals surface area contributed by atoms with Gasteiger partial charge in [-0.3, -0.25) is 10.1 Å². The molecule has 2 amide bonds. The van der Waals surface area contributed by atoms with Crippen molar-refractivity contribution in [1.29, 1.82) is 0 Å². The molecular formula is C26H33FN6O3S. The minimum Gasteiger partial charge on any atom is -0.444 e. The molecule has 198 valence electrons. The highest BCUT2D eigenvalue weighted by Crippen LogP contribution is 2.35. The standard InChI is InChI=1S/C26H33FN6O3S/c1-5-33-24(32-14-10-6-7-11-15-32)19(16-28-33)29-21(34)20-23(31-25(35)36-26(2,3)4)37-22(30-20)17-12-8-9-13-18(17)27/h8-9,12-13,16H,5-7,10-11,14-15H2,1-4H3,(H,29,34)(H,31,35). The maximum absolute atomic E-state index is 14.5. The van der Waals surface area contributed by atoms with Crippen LogP contribution < -0.4 is 15.5 Å². The van der Waals surface area contributed by atoms with Crippen LogP contribution in [0.25, 0.3) is 10.6 Å². The topological polar surface area (TPSA) is 101 Å². The fourth-order valence-corrected chi connectivity index (χ4v) is 5.18. The Labute approximate surface area is 220 Å². The smallest absolute Gasteiger partial charge is 0.412 e. The fraction of sp³-hybridized carbons (Fsp3) is 0.462. The lowest BCUT2D eigenvalue weighted by Crippen LogP contribution is -2.28. The molecule has 2 N–H and O–H groups in total. The second-order valence-electron chi connectivity index (χ2n) is 9.86. The molecule has 0 atom stereocenters. The maximum atomic E-state index is 14.5. The van der Waals surface area contributed by atoms with Crippen molar-refractivity contribution in [2.45, 2.75) is 65.5 Å². The zero-order valence-corrected chi connectivity index (χ0v) is 22.5. The largest absolute Gasteiger partial charge is 0.444 e. The summed E-state index contributed by atoms with van der Waals surface area (Å²) in [6.07, 6.45) is 5.40. The van der Waals surface area contributed by atoms with E-state index < -0.39 is 23.4 Å². The van der Waals surface area contributed by atoms with E-state index in [0.717, 1.165) is 43.1 Å². The van der Waals surface area contributed by atoms with E-state index in [-0.39, 0.29) is 21.3 Å². The summed E-state index contributed by atoms with van der Waals surface area (Å²) in [5.74, 6) is -0.153. The Kier molecular flexibility index (Phi) is 8.11. The molecule has 0 aliphatic carbocycles. The van der Waals surface area contributed by atoms with Crippen molar-refractivity contribution < 1.29 is 18.7 Å². The van der Waals surface area contributed by atoms with Crippen molar-refractivity contribution in [3.63, 3.8) is 0 Å². The summed E-state index contributed by atoms with van der Waals surface area (Å²) in [4.78, 5) is 32.7. The molecule has 9 nitrogen and oxygen atoms in total. The van der Waals surface area contributed by atoms with E-state index in [1.807, 2.05) is 11.6 Å². The Hall–Kier alpha value is -3.47. The Balaban J connectivity index is 1.67. The molecule has 37 heavy (non-hydrogen) atoms. The quantitative estimate of drug-likeness (QED) is 0.398. The van der Waals surface area contributed by atoms with E-state index in [1.165, 1.54) is 18.9 Å². The van der Waals surface area contributed by atoms with Crippen molar-refractivity contribution in [1.82, 2.24) is 14.8 Å². The van der Waals surface area contributed by atoms with E-state index in [1.54, 1.807) is 45.2 Å². The number of carbonyl (C=O) groups excluding carboxylic acids is 2. The number of carbonyl (C=O) groups is 2. The molecule has 2 aromatic heterocycles. The molecular weight excluding hydrogens is 495 g/mol. The molecule has 1 aliphatic heterocycles. The zero-order valence-electron chi connectivity index (χ0n) is 21.6. The number of aromatic nitrogens is 3. The molecule has 1 aliphatic rings. The van der Waals surface area contributed by atoms with Gasteiger partial charge in [-0.05, 0) is 52.7 Å². The van der Waals surface area contributed by atoms with Crippen LogP contribution in [0.5, 0.6) is 0 Å². The average molecular weight is 529 g/mol. The van der Waals surface area contributed by atoms with Gasteiger partial charge in [0.15, 0.2) is 11.5 Å². The fourth-order valence-electron chi connectivity index (χ4n) is 4.20. The second kappa shape index (κ2) is 11.3. The Morgan fingerprint density at radius 2 is 1.81 bits per heavy atom. The highest BCUT2D eigenvalue weighted by Gasteiger charge is 2.27. The summed E-state index contributed by atoms with van der Waals surface area (Å²) in [5.41, 5.74) is 0.0444. The number of aryl methyl sites for hydroxylation is 1. The van der Waals surface area contributed by atoms with Gasteiger partial charge in [-0.1, -0.05) is 36.3 Å². The van der Waals surface area contributed by atoms with Crippen molar-refractivity contribution in [3.05, 3.63) is 42.0 Å². The van der Waals surface area contributed by atoms with Crippen LogP contribution >= 0.6 is 11.3 Å². The molecule has 1 aromatic carbocycles. The van der Waals surface area contributed by atoms with Crippen LogP contribution in [-0.2, 0) is 11.3 Å². The van der Waals surface area contributed by atoms with Gasteiger partial charge in [-0.15, -0.1) is 0 Å². The van der Waals surface area contributed by atoms with Gasteiger partial charge in [0.25, 0.3) is 5.91 Å². The molecule has 3 aromatic rings. The lowest BCUT2D eigenvalue weighted by molar-refractivity contribution is 0.0636. The van der Waals surface area contributed by atoms with Crippen LogP contribution in [0.1, 0.15) is 63.9 Å². The SMILES string of the molecule is CCn1ncc(NC(=O)c2nc(-c3ccccc3F)sc2NC(=O)OC(C)(C)C)c1N1CCCCCC1. The Bertz CT molecular complexity index is 1260. The number of nitrogens with zero attached hydrogens (tertiary/aromatic N) is 4. The first kappa shape index (κ1) is 26.6. The molecule has 0 radical (unpaired) electrons. The molecule has 1 saturated heterocycles. The highest BCUT2D eigenvalue weighted by molar-refractivity contribution is 7.19. The minimum atomic E-state index is -0.734. The third-order valence-electron chi connectivity index (χ3n) is 5.83. The number of amides is 2. The van der Waals surface area contributed by atoms with Gasteiger partial charge in [0.1, 0.15) is 27.1 Å². The van der Waals surface area contributed by atoms with Crippen LogP contribution in [-0.4, -0.2) is 45.5 Å². The van der Waals surface area contributed by atoms with E-state index in [2.05, 4.69) is 25.6 Å². The monoisotopic (exact) mass is 528 g/mol. The summed E-state index contributed by atoms with van der Waals surface area (Å²) in [5, 5.41) is 10.5. The lowest BCUT2D eigenvalue weighted by atomic mass is 10.2. The van der Waals surface area contributed by atoms with Crippen LogP contribution in [0.15, 0.2) is 30.5 Å². The number of benzene rings is 1. The number of hydrogen-bond donors (Lipinski definition) is 2. The number of hydrogen-bond acceptors (Lipinski definition) is 7. The number of thiazole rings is 1. The second-order valence-corrected chi connectivity index (χ2v) is 10.9. The summed E-state index contributed by atoms with van der Waals surface area (Å²) >= 11 is 1.01. The predicted octanol–water partition coefficient (Wildman–Crippen LogP) is 6.15. The van der Waals surface area contributed by atoms with Gasteiger partial charge < -0.3 is 15.0 Å². The van der Waals surface area contributed by atoms with Crippen molar-refractivity contribution in [2.75, 3.05) is 28.6 Å². The van der Waals surface area contributed by atoms with Crippen LogP contribution in [0.4, 0.5) is 25.7 Å². The molecule has 4 rings (SSSR count).